The first-order chi connectivity index (χ1) is 10.3. The van der Waals surface area contributed by atoms with E-state index in [1.54, 1.807) is 0 Å². The first-order valence-electron chi connectivity index (χ1n) is 7.38. The SMILES string of the molecule is CCCNC(COc1ccccc1)c1c(Br)cnn1CC. The minimum Gasteiger partial charge on any atom is -0.492 e. The van der Waals surface area contributed by atoms with E-state index < -0.39 is 0 Å². The van der Waals surface area contributed by atoms with Gasteiger partial charge in [-0.1, -0.05) is 25.1 Å². The van der Waals surface area contributed by atoms with Crippen LogP contribution in [-0.4, -0.2) is 22.9 Å². The Morgan fingerprint density at radius 2 is 2.05 bits per heavy atom. The first-order valence-corrected chi connectivity index (χ1v) is 8.18. The predicted molar refractivity (Wildman–Crippen MR) is 88.6 cm³/mol. The summed E-state index contributed by atoms with van der Waals surface area (Å²) in [6.07, 6.45) is 2.93. The highest BCUT2D eigenvalue weighted by molar-refractivity contribution is 9.10. The van der Waals surface area contributed by atoms with E-state index in [2.05, 4.69) is 40.2 Å². The van der Waals surface area contributed by atoms with Crippen LogP contribution in [0, 0.1) is 0 Å². The van der Waals surface area contributed by atoms with Gasteiger partial charge < -0.3 is 10.1 Å². The van der Waals surface area contributed by atoms with Gasteiger partial charge >= 0.3 is 0 Å². The van der Waals surface area contributed by atoms with Gasteiger partial charge in [0.1, 0.15) is 12.4 Å². The number of rotatable bonds is 8. The molecule has 0 spiro atoms. The lowest BCUT2D eigenvalue weighted by Crippen LogP contribution is -2.30. The summed E-state index contributed by atoms with van der Waals surface area (Å²) in [6, 6.07) is 10.0. The third-order valence-electron chi connectivity index (χ3n) is 3.26. The standard InChI is InChI=1S/C16H22BrN3O/c1-3-10-18-15(12-21-13-8-6-5-7-9-13)16-14(17)11-19-20(16)4-2/h5-9,11,15,18H,3-4,10,12H2,1-2H3. The van der Waals surface area contributed by atoms with Crippen LogP contribution in [0.15, 0.2) is 41.0 Å². The van der Waals surface area contributed by atoms with Crippen molar-refractivity contribution in [3.8, 4) is 5.75 Å². The van der Waals surface area contributed by atoms with E-state index in [1.165, 1.54) is 0 Å². The highest BCUT2D eigenvalue weighted by Gasteiger charge is 2.20. The Morgan fingerprint density at radius 3 is 2.71 bits per heavy atom. The molecule has 4 nitrogen and oxygen atoms in total. The molecule has 0 radical (unpaired) electrons. The van der Waals surface area contributed by atoms with Crippen LogP contribution in [0.4, 0.5) is 0 Å². The van der Waals surface area contributed by atoms with Gasteiger partial charge in [0.05, 0.1) is 22.4 Å². The number of nitrogens with zero attached hydrogens (tertiary/aromatic N) is 2. The van der Waals surface area contributed by atoms with Crippen molar-refractivity contribution in [2.75, 3.05) is 13.2 Å². The maximum Gasteiger partial charge on any atom is 0.119 e. The van der Waals surface area contributed by atoms with Gasteiger partial charge in [0.15, 0.2) is 0 Å². The summed E-state index contributed by atoms with van der Waals surface area (Å²) in [7, 11) is 0. The molecule has 1 aromatic heterocycles. The zero-order valence-electron chi connectivity index (χ0n) is 12.6. The van der Waals surface area contributed by atoms with Crippen LogP contribution in [0.5, 0.6) is 5.75 Å². The molecule has 0 aliphatic rings. The molecule has 1 unspecified atom stereocenters. The molecule has 2 aromatic rings. The fourth-order valence-corrected chi connectivity index (χ4v) is 2.79. The Labute approximate surface area is 134 Å². The smallest absolute Gasteiger partial charge is 0.119 e. The van der Waals surface area contributed by atoms with Gasteiger partial charge in [-0.25, -0.2) is 0 Å². The number of benzene rings is 1. The maximum absolute atomic E-state index is 5.92. The minimum absolute atomic E-state index is 0.113. The summed E-state index contributed by atoms with van der Waals surface area (Å²) < 4.78 is 8.95. The number of aromatic nitrogens is 2. The number of ether oxygens (including phenoxy) is 1. The molecule has 21 heavy (non-hydrogen) atoms. The van der Waals surface area contributed by atoms with Gasteiger partial charge in [-0.3, -0.25) is 4.68 Å². The van der Waals surface area contributed by atoms with Crippen LogP contribution >= 0.6 is 15.9 Å². The second-order valence-corrected chi connectivity index (χ2v) is 5.68. The van der Waals surface area contributed by atoms with E-state index in [0.717, 1.165) is 35.4 Å². The topological polar surface area (TPSA) is 39.1 Å². The van der Waals surface area contributed by atoms with Crippen molar-refractivity contribution in [1.82, 2.24) is 15.1 Å². The minimum atomic E-state index is 0.113. The summed E-state index contributed by atoms with van der Waals surface area (Å²) in [5, 5.41) is 7.93. The van der Waals surface area contributed by atoms with Gasteiger partial charge in [-0.15, -0.1) is 0 Å². The number of hydrogen-bond acceptors (Lipinski definition) is 3. The summed E-state index contributed by atoms with van der Waals surface area (Å²) in [5.74, 6) is 0.888. The van der Waals surface area contributed by atoms with Crippen molar-refractivity contribution in [2.45, 2.75) is 32.9 Å². The number of para-hydroxylation sites is 1. The molecule has 0 aliphatic carbocycles. The molecule has 0 amide bonds. The molecule has 1 aromatic carbocycles. The molecule has 5 heteroatoms. The Bertz CT molecular complexity index is 542. The van der Waals surface area contributed by atoms with Gasteiger partial charge in [0.25, 0.3) is 0 Å². The van der Waals surface area contributed by atoms with E-state index in [4.69, 9.17) is 4.74 Å². The molecule has 0 saturated heterocycles. The van der Waals surface area contributed by atoms with Crippen molar-refractivity contribution < 1.29 is 4.74 Å². The van der Waals surface area contributed by atoms with E-state index >= 15 is 0 Å². The highest BCUT2D eigenvalue weighted by atomic mass is 79.9. The molecule has 1 N–H and O–H groups in total. The van der Waals surface area contributed by atoms with E-state index in [0.29, 0.717) is 6.61 Å². The zero-order chi connectivity index (χ0) is 15.1. The Balaban J connectivity index is 2.12. The van der Waals surface area contributed by atoms with Crippen molar-refractivity contribution in [3.63, 3.8) is 0 Å². The third kappa shape index (κ3) is 4.32. The van der Waals surface area contributed by atoms with Crippen molar-refractivity contribution in [2.24, 2.45) is 0 Å². The van der Waals surface area contributed by atoms with E-state index in [9.17, 15) is 0 Å². The Hall–Kier alpha value is -1.33. The predicted octanol–water partition coefficient (Wildman–Crippen LogP) is 3.79. The highest BCUT2D eigenvalue weighted by Crippen LogP contribution is 2.24. The largest absolute Gasteiger partial charge is 0.492 e. The van der Waals surface area contributed by atoms with Crippen LogP contribution < -0.4 is 10.1 Å². The molecule has 0 fully saturated rings. The van der Waals surface area contributed by atoms with Crippen LogP contribution in [0.1, 0.15) is 32.0 Å². The Morgan fingerprint density at radius 1 is 1.29 bits per heavy atom. The second-order valence-electron chi connectivity index (χ2n) is 4.82. The third-order valence-corrected chi connectivity index (χ3v) is 3.87. The lowest BCUT2D eigenvalue weighted by Gasteiger charge is -2.21. The molecular formula is C16H22BrN3O. The normalized spacial score (nSPS) is 12.3. The fraction of sp³-hybridized carbons (Fsp3) is 0.438. The van der Waals surface area contributed by atoms with Crippen molar-refractivity contribution >= 4 is 15.9 Å². The summed E-state index contributed by atoms with van der Waals surface area (Å²) >= 11 is 3.60. The van der Waals surface area contributed by atoms with Crippen molar-refractivity contribution in [1.29, 1.82) is 0 Å². The van der Waals surface area contributed by atoms with E-state index in [-0.39, 0.29) is 6.04 Å². The number of hydrogen-bond donors (Lipinski definition) is 1. The average Bonchev–Trinajstić information content (AvgIpc) is 2.89. The monoisotopic (exact) mass is 351 g/mol. The molecular weight excluding hydrogens is 330 g/mol. The lowest BCUT2D eigenvalue weighted by atomic mass is 10.2. The maximum atomic E-state index is 5.92. The molecule has 2 rings (SSSR count). The average molecular weight is 352 g/mol. The van der Waals surface area contributed by atoms with Crippen LogP contribution in [0.3, 0.4) is 0 Å². The van der Waals surface area contributed by atoms with Crippen molar-refractivity contribution in [3.05, 3.63) is 46.7 Å². The second kappa shape index (κ2) is 8.20. The number of nitrogens with one attached hydrogen (secondary N) is 1. The van der Waals surface area contributed by atoms with Crippen LogP contribution in [0.25, 0.3) is 0 Å². The van der Waals surface area contributed by atoms with Gasteiger partial charge in [0, 0.05) is 6.54 Å². The zero-order valence-corrected chi connectivity index (χ0v) is 14.1. The van der Waals surface area contributed by atoms with Crippen LogP contribution in [0.2, 0.25) is 0 Å². The lowest BCUT2D eigenvalue weighted by molar-refractivity contribution is 0.258. The molecule has 1 heterocycles. The number of aryl methyl sites for hydroxylation is 1. The molecule has 0 aliphatic heterocycles. The summed E-state index contributed by atoms with van der Waals surface area (Å²) in [6.45, 7) is 6.63. The van der Waals surface area contributed by atoms with Gasteiger partial charge in [-0.2, -0.15) is 5.10 Å². The van der Waals surface area contributed by atoms with Crippen LogP contribution in [-0.2, 0) is 6.54 Å². The fourth-order valence-electron chi connectivity index (χ4n) is 2.22. The first kappa shape index (κ1) is 16.0. The number of halogens is 1. The molecule has 1 atom stereocenters. The molecule has 114 valence electrons. The summed E-state index contributed by atoms with van der Waals surface area (Å²) in [4.78, 5) is 0. The summed E-state index contributed by atoms with van der Waals surface area (Å²) in [5.41, 5.74) is 1.14. The van der Waals surface area contributed by atoms with E-state index in [1.807, 2.05) is 41.2 Å². The molecule has 0 saturated carbocycles. The molecule has 0 bridgehead atoms. The van der Waals surface area contributed by atoms with Gasteiger partial charge in [0.2, 0.25) is 0 Å². The van der Waals surface area contributed by atoms with Gasteiger partial charge in [-0.05, 0) is 48.0 Å². The quantitative estimate of drug-likeness (QED) is 0.786. The Kier molecular flexibility index (Phi) is 6.26.